The molecule has 0 spiro atoms. The summed E-state index contributed by atoms with van der Waals surface area (Å²) in [5.41, 5.74) is -0.247. The van der Waals surface area contributed by atoms with E-state index in [1.165, 1.54) is 16.1 Å². The maximum atomic E-state index is 13.9. The van der Waals surface area contributed by atoms with E-state index >= 15 is 0 Å². The zero-order valence-corrected chi connectivity index (χ0v) is 14.5. The molecule has 1 aliphatic heterocycles. The third-order valence-electron chi connectivity index (χ3n) is 4.37. The van der Waals surface area contributed by atoms with Crippen LogP contribution in [0.2, 0.25) is 0 Å². The molecular weight excluding hydrogens is 360 g/mol. The van der Waals surface area contributed by atoms with Crippen LogP contribution < -0.4 is 0 Å². The summed E-state index contributed by atoms with van der Waals surface area (Å²) in [4.78, 5) is 16.6. The van der Waals surface area contributed by atoms with Crippen LogP contribution in [0.1, 0.15) is 23.2 Å². The second-order valence-electron chi connectivity index (χ2n) is 6.06. The number of nitrogens with zero attached hydrogens (tertiary/aromatic N) is 5. The van der Waals surface area contributed by atoms with E-state index in [4.69, 9.17) is 0 Å². The van der Waals surface area contributed by atoms with E-state index < -0.39 is 17.5 Å². The van der Waals surface area contributed by atoms with Gasteiger partial charge in [0.15, 0.2) is 0 Å². The molecule has 134 valence electrons. The van der Waals surface area contributed by atoms with E-state index in [0.717, 1.165) is 35.9 Å². The summed E-state index contributed by atoms with van der Waals surface area (Å²) < 4.78 is 27.3. The average Bonchev–Trinajstić information content (AvgIpc) is 3.37. The number of amides is 1. The second-order valence-corrected chi connectivity index (χ2v) is 7.01. The van der Waals surface area contributed by atoms with Crippen LogP contribution in [-0.4, -0.2) is 43.6 Å². The van der Waals surface area contributed by atoms with Gasteiger partial charge in [-0.25, -0.2) is 8.78 Å². The molecule has 0 radical (unpaired) electrons. The van der Waals surface area contributed by atoms with Crippen molar-refractivity contribution in [2.24, 2.45) is 0 Å². The highest BCUT2D eigenvalue weighted by atomic mass is 32.1. The molecule has 26 heavy (non-hydrogen) atoms. The van der Waals surface area contributed by atoms with Crippen molar-refractivity contribution >= 4 is 17.2 Å². The highest BCUT2D eigenvalue weighted by molar-refractivity contribution is 7.13. The predicted molar refractivity (Wildman–Crippen MR) is 91.5 cm³/mol. The zero-order valence-electron chi connectivity index (χ0n) is 13.7. The van der Waals surface area contributed by atoms with E-state index in [1.54, 1.807) is 4.90 Å². The van der Waals surface area contributed by atoms with Crippen molar-refractivity contribution in [3.63, 3.8) is 0 Å². The average molecular weight is 375 g/mol. The quantitative estimate of drug-likeness (QED) is 0.703. The molecule has 0 saturated carbocycles. The Bertz CT molecular complexity index is 927. The van der Waals surface area contributed by atoms with Crippen molar-refractivity contribution in [2.45, 2.75) is 25.4 Å². The number of benzene rings is 1. The summed E-state index contributed by atoms with van der Waals surface area (Å²) in [6.07, 6.45) is 1.54. The minimum atomic E-state index is -0.721. The molecule has 0 unspecified atom stereocenters. The monoisotopic (exact) mass is 375 g/mol. The number of carbonyl (C=O) groups excluding carboxylic acids is 1. The summed E-state index contributed by atoms with van der Waals surface area (Å²) in [7, 11) is 0. The first-order valence-electron chi connectivity index (χ1n) is 8.19. The molecule has 9 heteroatoms. The van der Waals surface area contributed by atoms with Crippen LogP contribution >= 0.6 is 11.3 Å². The fraction of sp³-hybridized carbons (Fsp3) is 0.294. The molecular formula is C17H15F2N5OS. The fourth-order valence-electron chi connectivity index (χ4n) is 3.12. The lowest BCUT2D eigenvalue weighted by atomic mass is 10.1. The number of carbonyl (C=O) groups is 1. The Labute approximate surface area is 152 Å². The molecule has 1 aliphatic rings. The molecule has 3 heterocycles. The second kappa shape index (κ2) is 6.91. The molecule has 1 amide bonds. The highest BCUT2D eigenvalue weighted by Gasteiger charge is 2.31. The van der Waals surface area contributed by atoms with Crippen LogP contribution in [0.4, 0.5) is 8.78 Å². The molecule has 0 bridgehead atoms. The van der Waals surface area contributed by atoms with E-state index in [9.17, 15) is 13.6 Å². The smallest absolute Gasteiger partial charge is 0.257 e. The fourth-order valence-corrected chi connectivity index (χ4v) is 3.77. The Balaban J connectivity index is 1.52. The van der Waals surface area contributed by atoms with Gasteiger partial charge < -0.3 is 4.90 Å². The Morgan fingerprint density at radius 1 is 1.31 bits per heavy atom. The molecule has 0 aliphatic carbocycles. The zero-order chi connectivity index (χ0) is 18.1. The molecule has 1 atom stereocenters. The van der Waals surface area contributed by atoms with E-state index in [0.29, 0.717) is 18.9 Å². The molecule has 4 rings (SSSR count). The highest BCUT2D eigenvalue weighted by Crippen LogP contribution is 2.24. The number of aromatic nitrogens is 4. The lowest BCUT2D eigenvalue weighted by molar-refractivity contribution is 0.0712. The first-order valence-corrected chi connectivity index (χ1v) is 9.07. The maximum Gasteiger partial charge on any atom is 0.257 e. The molecule has 6 nitrogen and oxygen atoms in total. The third kappa shape index (κ3) is 3.22. The summed E-state index contributed by atoms with van der Waals surface area (Å²) >= 11 is 1.52. The molecule has 1 fully saturated rings. The van der Waals surface area contributed by atoms with Gasteiger partial charge in [-0.2, -0.15) is 4.80 Å². The van der Waals surface area contributed by atoms with Crippen LogP contribution in [0, 0.1) is 11.6 Å². The Morgan fingerprint density at radius 2 is 2.19 bits per heavy atom. The first kappa shape index (κ1) is 16.8. The Morgan fingerprint density at radius 3 is 3.00 bits per heavy atom. The minimum absolute atomic E-state index is 0.185. The largest absolute Gasteiger partial charge is 0.334 e. The van der Waals surface area contributed by atoms with E-state index in [2.05, 4.69) is 15.4 Å². The normalized spacial score (nSPS) is 17.0. The van der Waals surface area contributed by atoms with Crippen molar-refractivity contribution in [2.75, 3.05) is 6.54 Å². The van der Waals surface area contributed by atoms with Gasteiger partial charge in [0.2, 0.25) is 5.82 Å². The molecule has 0 N–H and O–H groups in total. The number of thiophene rings is 1. The van der Waals surface area contributed by atoms with E-state index in [-0.39, 0.29) is 11.6 Å². The topological polar surface area (TPSA) is 63.9 Å². The molecule has 1 saturated heterocycles. The summed E-state index contributed by atoms with van der Waals surface area (Å²) in [5.74, 6) is -1.33. The number of rotatable bonds is 4. The van der Waals surface area contributed by atoms with Gasteiger partial charge in [-0.15, -0.1) is 21.5 Å². The van der Waals surface area contributed by atoms with Crippen molar-refractivity contribution in [3.05, 3.63) is 52.9 Å². The predicted octanol–water partition coefficient (Wildman–Crippen LogP) is 2.98. The van der Waals surface area contributed by atoms with Crippen LogP contribution in [-0.2, 0) is 6.54 Å². The van der Waals surface area contributed by atoms with Crippen LogP contribution in [0.25, 0.3) is 10.7 Å². The van der Waals surface area contributed by atoms with Crippen molar-refractivity contribution in [3.8, 4) is 10.7 Å². The number of halogens is 2. The van der Waals surface area contributed by atoms with Crippen LogP contribution in [0.15, 0.2) is 35.7 Å². The van der Waals surface area contributed by atoms with Gasteiger partial charge in [-0.3, -0.25) is 4.79 Å². The minimum Gasteiger partial charge on any atom is -0.334 e. The standard InChI is InChI=1S/C17H15F2N5OS/c18-11-5-6-14(19)13(9-11)17(25)23-7-1-3-12(23)10-24-21-16(20-22-24)15-4-2-8-26-15/h2,4-6,8-9,12H,1,3,7,10H2/t12-/m0/s1. The number of tetrazole rings is 1. The number of likely N-dealkylation sites (tertiary alicyclic amines) is 1. The van der Waals surface area contributed by atoms with Gasteiger partial charge in [0, 0.05) is 6.54 Å². The number of hydrogen-bond donors (Lipinski definition) is 0. The number of hydrogen-bond acceptors (Lipinski definition) is 5. The van der Waals surface area contributed by atoms with Gasteiger partial charge in [0.1, 0.15) is 11.6 Å². The molecule has 3 aromatic rings. The van der Waals surface area contributed by atoms with Gasteiger partial charge >= 0.3 is 0 Å². The van der Waals surface area contributed by atoms with Crippen LogP contribution in [0.3, 0.4) is 0 Å². The summed E-state index contributed by atoms with van der Waals surface area (Å²) in [6, 6.07) is 6.54. The van der Waals surface area contributed by atoms with Crippen molar-refractivity contribution < 1.29 is 13.6 Å². The van der Waals surface area contributed by atoms with Crippen molar-refractivity contribution in [1.29, 1.82) is 0 Å². The molecule has 2 aromatic heterocycles. The Kier molecular flexibility index (Phi) is 4.46. The van der Waals surface area contributed by atoms with Gasteiger partial charge in [-0.05, 0) is 47.7 Å². The SMILES string of the molecule is O=C(c1cc(F)ccc1F)N1CCC[C@H]1Cn1nnc(-c2cccs2)n1. The summed E-state index contributed by atoms with van der Waals surface area (Å²) in [5, 5.41) is 14.4. The van der Waals surface area contributed by atoms with Crippen LogP contribution in [0.5, 0.6) is 0 Å². The van der Waals surface area contributed by atoms with Gasteiger partial charge in [0.25, 0.3) is 5.91 Å². The third-order valence-corrected chi connectivity index (χ3v) is 5.23. The molecule has 1 aromatic carbocycles. The summed E-state index contributed by atoms with van der Waals surface area (Å²) in [6.45, 7) is 0.854. The lowest BCUT2D eigenvalue weighted by Gasteiger charge is -2.24. The van der Waals surface area contributed by atoms with E-state index in [1.807, 2.05) is 17.5 Å². The van der Waals surface area contributed by atoms with Crippen molar-refractivity contribution in [1.82, 2.24) is 25.1 Å². The maximum absolute atomic E-state index is 13.9. The first-order chi connectivity index (χ1) is 12.6. The van der Waals surface area contributed by atoms with Gasteiger partial charge in [-0.1, -0.05) is 6.07 Å². The lowest BCUT2D eigenvalue weighted by Crippen LogP contribution is -2.39. The van der Waals surface area contributed by atoms with Gasteiger partial charge in [0.05, 0.1) is 23.0 Å². The Hall–Kier alpha value is -2.68.